The minimum absolute atomic E-state index is 0.0387. The first-order chi connectivity index (χ1) is 14.1. The molecule has 0 saturated heterocycles. The maximum atomic E-state index is 12.4. The molecule has 3 aromatic rings. The lowest BCUT2D eigenvalue weighted by Gasteiger charge is -2.14. The number of rotatable bonds is 7. The highest BCUT2D eigenvalue weighted by Crippen LogP contribution is 2.29. The van der Waals surface area contributed by atoms with Gasteiger partial charge in [-0.3, -0.25) is 4.79 Å². The molecule has 0 saturated carbocycles. The van der Waals surface area contributed by atoms with Crippen LogP contribution < -0.4 is 15.4 Å². The Morgan fingerprint density at radius 3 is 2.38 bits per heavy atom. The van der Waals surface area contributed by atoms with Crippen LogP contribution in [0, 0.1) is 6.92 Å². The molecule has 29 heavy (non-hydrogen) atoms. The number of aryl methyl sites for hydroxylation is 1. The molecule has 0 aromatic heterocycles. The van der Waals surface area contributed by atoms with E-state index in [4.69, 9.17) is 9.47 Å². The van der Waals surface area contributed by atoms with Gasteiger partial charge in [0.25, 0.3) is 0 Å². The average molecular weight is 390 g/mol. The highest BCUT2D eigenvalue weighted by molar-refractivity contribution is 5.97. The van der Waals surface area contributed by atoms with Gasteiger partial charge in [0, 0.05) is 5.69 Å². The van der Waals surface area contributed by atoms with Crippen LogP contribution in [0.2, 0.25) is 0 Å². The van der Waals surface area contributed by atoms with Crippen LogP contribution in [0.15, 0.2) is 72.8 Å². The monoisotopic (exact) mass is 390 g/mol. The van der Waals surface area contributed by atoms with Crippen LogP contribution in [0.25, 0.3) is 0 Å². The summed E-state index contributed by atoms with van der Waals surface area (Å²) in [6.07, 6.45) is 0. The van der Waals surface area contributed by atoms with E-state index in [0.29, 0.717) is 28.4 Å². The second-order valence-electron chi connectivity index (χ2n) is 6.33. The predicted octanol–water partition coefficient (Wildman–Crippen LogP) is 4.62. The molecule has 0 bridgehead atoms. The fraction of sp³-hybridized carbons (Fsp3) is 0.130. The molecule has 3 rings (SSSR count). The van der Waals surface area contributed by atoms with Crippen LogP contribution in [0.3, 0.4) is 0 Å². The third-order valence-electron chi connectivity index (χ3n) is 4.23. The van der Waals surface area contributed by atoms with Crippen molar-refractivity contribution in [3.63, 3.8) is 0 Å². The molecule has 0 aliphatic carbocycles. The summed E-state index contributed by atoms with van der Waals surface area (Å²) in [5.74, 6) is 0.632. The number of carbonyl (C=O) groups excluding carboxylic acids is 2. The molecular weight excluding hydrogens is 368 g/mol. The number of hydrogen-bond donors (Lipinski definition) is 2. The number of nitrogens with one attached hydrogen (secondary N) is 2. The number of benzene rings is 3. The molecule has 0 unspecified atom stereocenters. The Morgan fingerprint density at radius 1 is 0.897 bits per heavy atom. The van der Waals surface area contributed by atoms with Crippen molar-refractivity contribution >= 4 is 23.3 Å². The van der Waals surface area contributed by atoms with Crippen LogP contribution in [0.5, 0.6) is 11.5 Å². The molecular formula is C23H22N2O4. The lowest BCUT2D eigenvalue weighted by molar-refractivity contribution is -0.114. The fourth-order valence-corrected chi connectivity index (χ4v) is 2.69. The normalized spacial score (nSPS) is 10.1. The van der Waals surface area contributed by atoms with Crippen molar-refractivity contribution in [1.29, 1.82) is 0 Å². The van der Waals surface area contributed by atoms with E-state index in [-0.39, 0.29) is 12.5 Å². The van der Waals surface area contributed by atoms with Gasteiger partial charge in [0.1, 0.15) is 5.75 Å². The van der Waals surface area contributed by atoms with E-state index in [0.717, 1.165) is 5.56 Å². The Hall–Kier alpha value is -3.80. The Kier molecular flexibility index (Phi) is 6.47. The van der Waals surface area contributed by atoms with Crippen molar-refractivity contribution in [1.82, 2.24) is 0 Å². The van der Waals surface area contributed by atoms with Crippen molar-refractivity contribution < 1.29 is 19.1 Å². The third kappa shape index (κ3) is 5.35. The van der Waals surface area contributed by atoms with Gasteiger partial charge in [-0.1, -0.05) is 36.4 Å². The van der Waals surface area contributed by atoms with Crippen LogP contribution in [-0.4, -0.2) is 25.5 Å². The summed E-state index contributed by atoms with van der Waals surface area (Å²) in [6.45, 7) is 1.89. The summed E-state index contributed by atoms with van der Waals surface area (Å²) in [5.41, 5.74) is 2.49. The minimum atomic E-state index is -0.453. The van der Waals surface area contributed by atoms with Crippen molar-refractivity contribution in [2.45, 2.75) is 6.92 Å². The summed E-state index contributed by atoms with van der Waals surface area (Å²) >= 11 is 0. The van der Waals surface area contributed by atoms with Gasteiger partial charge in [0.15, 0.2) is 5.75 Å². The Morgan fingerprint density at radius 2 is 1.62 bits per heavy atom. The zero-order valence-electron chi connectivity index (χ0n) is 16.3. The standard InChI is InChI=1S/C23H22N2O4/c1-16-12-13-17(23(27)28-2)14-20(16)25-22(26)15-24-19-10-6-7-11-21(19)29-18-8-4-3-5-9-18/h3-14,24H,15H2,1-2H3,(H,25,26). The predicted molar refractivity (Wildman–Crippen MR) is 113 cm³/mol. The molecule has 0 atom stereocenters. The minimum Gasteiger partial charge on any atom is -0.465 e. The maximum Gasteiger partial charge on any atom is 0.337 e. The van der Waals surface area contributed by atoms with Crippen molar-refractivity contribution in [2.75, 3.05) is 24.3 Å². The van der Waals surface area contributed by atoms with Gasteiger partial charge in [0.05, 0.1) is 24.9 Å². The Labute approximate surface area is 169 Å². The van der Waals surface area contributed by atoms with Crippen molar-refractivity contribution in [2.24, 2.45) is 0 Å². The summed E-state index contributed by atoms with van der Waals surface area (Å²) in [4.78, 5) is 24.1. The highest BCUT2D eigenvalue weighted by Gasteiger charge is 2.11. The molecule has 2 N–H and O–H groups in total. The summed E-state index contributed by atoms with van der Waals surface area (Å²) in [6, 6.07) is 21.8. The SMILES string of the molecule is COC(=O)c1ccc(C)c(NC(=O)CNc2ccccc2Oc2ccccc2)c1. The van der Waals surface area contributed by atoms with E-state index in [1.54, 1.807) is 18.2 Å². The van der Waals surface area contributed by atoms with E-state index >= 15 is 0 Å². The van der Waals surface area contributed by atoms with Crippen molar-refractivity contribution in [3.8, 4) is 11.5 Å². The number of ether oxygens (including phenoxy) is 2. The molecule has 0 radical (unpaired) electrons. The van der Waals surface area contributed by atoms with Crippen LogP contribution in [0.1, 0.15) is 15.9 Å². The number of esters is 1. The number of hydrogen-bond acceptors (Lipinski definition) is 5. The van der Waals surface area contributed by atoms with E-state index in [9.17, 15) is 9.59 Å². The van der Waals surface area contributed by atoms with E-state index in [1.807, 2.05) is 61.5 Å². The van der Waals surface area contributed by atoms with Crippen molar-refractivity contribution in [3.05, 3.63) is 83.9 Å². The van der Waals surface area contributed by atoms with Gasteiger partial charge >= 0.3 is 5.97 Å². The van der Waals surface area contributed by atoms with E-state index < -0.39 is 5.97 Å². The Balaban J connectivity index is 1.65. The topological polar surface area (TPSA) is 76.7 Å². The smallest absolute Gasteiger partial charge is 0.337 e. The quantitative estimate of drug-likeness (QED) is 0.576. The zero-order chi connectivity index (χ0) is 20.6. The first kappa shape index (κ1) is 19.9. The molecule has 1 amide bonds. The largest absolute Gasteiger partial charge is 0.465 e. The van der Waals surface area contributed by atoms with Gasteiger partial charge in [0.2, 0.25) is 5.91 Å². The number of anilines is 2. The summed E-state index contributed by atoms with van der Waals surface area (Å²) in [7, 11) is 1.32. The maximum absolute atomic E-state index is 12.4. The summed E-state index contributed by atoms with van der Waals surface area (Å²) in [5, 5.41) is 5.91. The van der Waals surface area contributed by atoms with Crippen LogP contribution in [0.4, 0.5) is 11.4 Å². The van der Waals surface area contributed by atoms with Gasteiger partial charge in [-0.25, -0.2) is 4.79 Å². The fourth-order valence-electron chi connectivity index (χ4n) is 2.69. The second kappa shape index (κ2) is 9.41. The van der Waals surface area contributed by atoms with E-state index in [1.165, 1.54) is 7.11 Å². The van der Waals surface area contributed by atoms with Gasteiger partial charge < -0.3 is 20.1 Å². The molecule has 6 nitrogen and oxygen atoms in total. The molecule has 0 spiro atoms. The number of methoxy groups -OCH3 is 1. The van der Waals surface area contributed by atoms with Gasteiger partial charge in [-0.05, 0) is 48.9 Å². The second-order valence-corrected chi connectivity index (χ2v) is 6.33. The van der Waals surface area contributed by atoms with Gasteiger partial charge in [-0.15, -0.1) is 0 Å². The number of amides is 1. The lowest BCUT2D eigenvalue weighted by atomic mass is 10.1. The molecule has 0 aliphatic rings. The molecule has 6 heteroatoms. The number of carbonyl (C=O) groups is 2. The summed E-state index contributed by atoms with van der Waals surface area (Å²) < 4.78 is 10.6. The van der Waals surface area contributed by atoms with E-state index in [2.05, 4.69) is 10.6 Å². The van der Waals surface area contributed by atoms with Crippen LogP contribution >= 0.6 is 0 Å². The van der Waals surface area contributed by atoms with Crippen LogP contribution in [-0.2, 0) is 9.53 Å². The number of para-hydroxylation sites is 3. The molecule has 0 fully saturated rings. The third-order valence-corrected chi connectivity index (χ3v) is 4.23. The molecule has 3 aromatic carbocycles. The van der Waals surface area contributed by atoms with Gasteiger partial charge in [-0.2, -0.15) is 0 Å². The lowest BCUT2D eigenvalue weighted by Crippen LogP contribution is -2.22. The Bertz CT molecular complexity index is 1000. The first-order valence-electron chi connectivity index (χ1n) is 9.11. The molecule has 148 valence electrons. The highest BCUT2D eigenvalue weighted by atomic mass is 16.5. The first-order valence-corrected chi connectivity index (χ1v) is 9.11. The molecule has 0 heterocycles. The zero-order valence-corrected chi connectivity index (χ0v) is 16.3. The molecule has 0 aliphatic heterocycles. The average Bonchev–Trinajstić information content (AvgIpc) is 2.75.